The molecule has 0 radical (unpaired) electrons. The highest BCUT2D eigenvalue weighted by atomic mass is 15.2. The molecule has 78 valence electrons. The number of nitrogens with one attached hydrogen (secondary N) is 1. The highest BCUT2D eigenvalue weighted by molar-refractivity contribution is 5.80. The highest BCUT2D eigenvalue weighted by Gasteiger charge is 2.13. The van der Waals surface area contributed by atoms with Gasteiger partial charge in [-0.3, -0.25) is 5.41 Å². The van der Waals surface area contributed by atoms with Crippen molar-refractivity contribution in [3.63, 3.8) is 0 Å². The summed E-state index contributed by atoms with van der Waals surface area (Å²) in [6.45, 7) is 12.7. The number of rotatable bonds is 5. The van der Waals surface area contributed by atoms with Crippen LogP contribution in [0, 0.1) is 17.2 Å². The van der Waals surface area contributed by atoms with Crippen LogP contribution < -0.4 is 0 Å². The van der Waals surface area contributed by atoms with E-state index >= 15 is 0 Å². The van der Waals surface area contributed by atoms with Crippen LogP contribution in [-0.2, 0) is 0 Å². The molecule has 1 unspecified atom stereocenters. The monoisotopic (exact) mass is 184 g/mol. The Kier molecular flexibility index (Phi) is 5.76. The summed E-state index contributed by atoms with van der Waals surface area (Å²) in [5, 5.41) is 7.90. The van der Waals surface area contributed by atoms with Crippen molar-refractivity contribution in [1.82, 2.24) is 4.90 Å². The molecule has 0 bridgehead atoms. The molecule has 13 heavy (non-hydrogen) atoms. The second-order valence-corrected chi connectivity index (χ2v) is 4.09. The zero-order valence-electron chi connectivity index (χ0n) is 9.72. The lowest BCUT2D eigenvalue weighted by atomic mass is 10.1. The summed E-state index contributed by atoms with van der Waals surface area (Å²) in [6.07, 6.45) is 1.20. The van der Waals surface area contributed by atoms with Gasteiger partial charge in [-0.15, -0.1) is 0 Å². The molecule has 0 amide bonds. The van der Waals surface area contributed by atoms with Gasteiger partial charge in [0.25, 0.3) is 0 Å². The van der Waals surface area contributed by atoms with E-state index in [0.717, 1.165) is 18.9 Å². The third-order valence-corrected chi connectivity index (χ3v) is 2.50. The molecule has 0 aromatic carbocycles. The predicted molar refractivity (Wildman–Crippen MR) is 59.3 cm³/mol. The molecule has 2 heteroatoms. The van der Waals surface area contributed by atoms with E-state index in [1.165, 1.54) is 6.42 Å². The van der Waals surface area contributed by atoms with Gasteiger partial charge in [-0.25, -0.2) is 0 Å². The van der Waals surface area contributed by atoms with Crippen LogP contribution in [0.25, 0.3) is 0 Å². The minimum atomic E-state index is 0.351. The van der Waals surface area contributed by atoms with E-state index in [1.807, 2.05) is 0 Å². The van der Waals surface area contributed by atoms with Gasteiger partial charge < -0.3 is 4.90 Å². The maximum Gasteiger partial charge on any atom is 0.0983 e. The molecule has 1 atom stereocenters. The number of nitrogens with zero attached hydrogens (tertiary/aromatic N) is 1. The molecule has 0 aromatic rings. The molecule has 0 aliphatic carbocycles. The average Bonchev–Trinajstić information content (AvgIpc) is 2.12. The van der Waals surface area contributed by atoms with Crippen LogP contribution in [0.3, 0.4) is 0 Å². The van der Waals surface area contributed by atoms with E-state index in [-0.39, 0.29) is 0 Å². The van der Waals surface area contributed by atoms with Crippen LogP contribution in [0.15, 0.2) is 0 Å². The molecule has 0 saturated heterocycles. The lowest BCUT2D eigenvalue weighted by Crippen LogP contribution is -2.36. The van der Waals surface area contributed by atoms with Crippen LogP contribution in [0.2, 0.25) is 0 Å². The molecule has 2 nitrogen and oxygen atoms in total. The lowest BCUT2D eigenvalue weighted by Gasteiger charge is -2.28. The number of amidine groups is 1. The number of hydrogen-bond donors (Lipinski definition) is 1. The fraction of sp³-hybridized carbons (Fsp3) is 0.909. The van der Waals surface area contributed by atoms with Crippen LogP contribution in [0.4, 0.5) is 0 Å². The highest BCUT2D eigenvalue weighted by Crippen LogP contribution is 2.08. The number of hydrogen-bond acceptors (Lipinski definition) is 1. The molecule has 1 N–H and O–H groups in total. The lowest BCUT2D eigenvalue weighted by molar-refractivity contribution is 0.345. The van der Waals surface area contributed by atoms with Crippen molar-refractivity contribution < 1.29 is 0 Å². The van der Waals surface area contributed by atoms with Crippen molar-refractivity contribution in [2.24, 2.45) is 11.8 Å². The van der Waals surface area contributed by atoms with E-state index in [4.69, 9.17) is 5.41 Å². The van der Waals surface area contributed by atoms with Gasteiger partial charge in [0.1, 0.15) is 0 Å². The molecule has 0 rings (SSSR count). The van der Waals surface area contributed by atoms with Crippen LogP contribution in [-0.4, -0.2) is 23.8 Å². The SMILES string of the molecule is CCC(C)CN(CC)C(=N)C(C)C. The topological polar surface area (TPSA) is 27.1 Å². The Hall–Kier alpha value is -0.530. The van der Waals surface area contributed by atoms with E-state index in [9.17, 15) is 0 Å². The Morgan fingerprint density at radius 1 is 1.23 bits per heavy atom. The zero-order chi connectivity index (χ0) is 10.4. The maximum atomic E-state index is 7.90. The summed E-state index contributed by atoms with van der Waals surface area (Å²) in [4.78, 5) is 2.18. The molecule has 0 fully saturated rings. The van der Waals surface area contributed by atoms with Crippen molar-refractivity contribution in [3.05, 3.63) is 0 Å². The van der Waals surface area contributed by atoms with Gasteiger partial charge in [-0.2, -0.15) is 0 Å². The van der Waals surface area contributed by atoms with Gasteiger partial charge >= 0.3 is 0 Å². The summed E-state index contributed by atoms with van der Waals surface area (Å²) in [5.74, 6) is 1.82. The molecule has 0 spiro atoms. The second kappa shape index (κ2) is 6.01. The van der Waals surface area contributed by atoms with Crippen molar-refractivity contribution in [2.45, 2.75) is 41.0 Å². The van der Waals surface area contributed by atoms with E-state index in [2.05, 4.69) is 39.5 Å². The van der Waals surface area contributed by atoms with Gasteiger partial charge in [0, 0.05) is 19.0 Å². The Morgan fingerprint density at radius 3 is 2.08 bits per heavy atom. The van der Waals surface area contributed by atoms with Gasteiger partial charge in [-0.05, 0) is 12.8 Å². The van der Waals surface area contributed by atoms with Gasteiger partial charge in [0.15, 0.2) is 0 Å². The van der Waals surface area contributed by atoms with Crippen LogP contribution >= 0.6 is 0 Å². The van der Waals surface area contributed by atoms with E-state index in [0.29, 0.717) is 11.8 Å². The molecule has 0 saturated carbocycles. The maximum absolute atomic E-state index is 7.90. The third kappa shape index (κ3) is 4.30. The Bertz CT molecular complexity index is 152. The normalized spacial score (nSPS) is 13.1. The van der Waals surface area contributed by atoms with E-state index in [1.54, 1.807) is 0 Å². The summed E-state index contributed by atoms with van der Waals surface area (Å²) in [7, 11) is 0. The average molecular weight is 184 g/mol. The van der Waals surface area contributed by atoms with Crippen molar-refractivity contribution in [2.75, 3.05) is 13.1 Å². The fourth-order valence-corrected chi connectivity index (χ4v) is 1.27. The van der Waals surface area contributed by atoms with Crippen LogP contribution in [0.1, 0.15) is 41.0 Å². The summed E-state index contributed by atoms with van der Waals surface area (Å²) in [6, 6.07) is 0. The fourth-order valence-electron chi connectivity index (χ4n) is 1.27. The molecule has 0 heterocycles. The summed E-state index contributed by atoms with van der Waals surface area (Å²) in [5.41, 5.74) is 0. The smallest absolute Gasteiger partial charge is 0.0983 e. The minimum Gasteiger partial charge on any atom is -0.360 e. The first kappa shape index (κ1) is 12.5. The molecular formula is C11H24N2. The molecule has 0 aliphatic rings. The zero-order valence-corrected chi connectivity index (χ0v) is 9.72. The van der Waals surface area contributed by atoms with Crippen molar-refractivity contribution in [3.8, 4) is 0 Å². The quantitative estimate of drug-likeness (QED) is 0.516. The van der Waals surface area contributed by atoms with E-state index < -0.39 is 0 Å². The summed E-state index contributed by atoms with van der Waals surface area (Å²) >= 11 is 0. The second-order valence-electron chi connectivity index (χ2n) is 4.09. The van der Waals surface area contributed by atoms with Crippen molar-refractivity contribution >= 4 is 5.84 Å². The van der Waals surface area contributed by atoms with Crippen LogP contribution in [0.5, 0.6) is 0 Å². The first-order valence-corrected chi connectivity index (χ1v) is 5.36. The predicted octanol–water partition coefficient (Wildman–Crippen LogP) is 2.99. The molecule has 0 aromatic heterocycles. The minimum absolute atomic E-state index is 0.351. The summed E-state index contributed by atoms with van der Waals surface area (Å²) < 4.78 is 0. The first-order chi connectivity index (χ1) is 6.02. The van der Waals surface area contributed by atoms with Crippen molar-refractivity contribution in [1.29, 1.82) is 5.41 Å². The van der Waals surface area contributed by atoms with Gasteiger partial charge in [-0.1, -0.05) is 34.1 Å². The molecular weight excluding hydrogens is 160 g/mol. The Morgan fingerprint density at radius 2 is 1.77 bits per heavy atom. The largest absolute Gasteiger partial charge is 0.360 e. The standard InChI is InChI=1S/C11H24N2/c1-6-10(5)8-13(7-2)11(12)9(3)4/h9-10,12H,6-8H2,1-5H3. The van der Waals surface area contributed by atoms with Gasteiger partial charge in [0.05, 0.1) is 5.84 Å². The Balaban J connectivity index is 4.10. The molecule has 0 aliphatic heterocycles. The van der Waals surface area contributed by atoms with Gasteiger partial charge in [0.2, 0.25) is 0 Å². The Labute approximate surface area is 82.8 Å². The first-order valence-electron chi connectivity index (χ1n) is 5.36. The third-order valence-electron chi connectivity index (χ3n) is 2.50.